The van der Waals surface area contributed by atoms with Gasteiger partial charge in [-0.2, -0.15) is 13.2 Å². The highest BCUT2D eigenvalue weighted by atomic mass is 127. The van der Waals surface area contributed by atoms with Crippen LogP contribution in [-0.2, 0) is 12.8 Å². The van der Waals surface area contributed by atoms with Gasteiger partial charge < -0.3 is 4.74 Å². The molecule has 1 aromatic carbocycles. The van der Waals surface area contributed by atoms with E-state index in [0.717, 1.165) is 12.1 Å². The predicted octanol–water partition coefficient (Wildman–Crippen LogP) is 5.19. The Hall–Kier alpha value is -0.900. The maximum Gasteiger partial charge on any atom is 0.416 e. The molecule has 0 saturated heterocycles. The quantitative estimate of drug-likeness (QED) is 0.346. The molecule has 0 aliphatic carbocycles. The number of ether oxygens (including phenoxy) is 1. The first kappa shape index (κ1) is 16.5. The number of aromatic nitrogens is 1. The van der Waals surface area contributed by atoms with Crippen LogP contribution in [0.25, 0.3) is 0 Å². The Balaban J connectivity index is 2.20. The molecule has 0 aliphatic rings. The number of hydrogen-bond acceptors (Lipinski definition) is 2. The van der Waals surface area contributed by atoms with Crippen molar-refractivity contribution in [1.82, 2.24) is 4.98 Å². The molecule has 0 fully saturated rings. The van der Waals surface area contributed by atoms with Crippen LogP contribution >= 0.6 is 38.5 Å². The molecule has 0 aliphatic heterocycles. The smallest absolute Gasteiger partial charge is 0.416 e. The molecule has 1 heterocycles. The molecule has 0 bridgehead atoms. The Morgan fingerprint density at radius 1 is 1.19 bits per heavy atom. The molecule has 0 unspecified atom stereocenters. The summed E-state index contributed by atoms with van der Waals surface area (Å²) in [5.41, 5.74) is -0.943. The van der Waals surface area contributed by atoms with Crippen molar-refractivity contribution in [2.45, 2.75) is 12.8 Å². The summed E-state index contributed by atoms with van der Waals surface area (Å²) in [7, 11) is 0. The zero-order valence-corrected chi connectivity index (χ0v) is 14.0. The van der Waals surface area contributed by atoms with Crippen LogP contribution in [0.1, 0.15) is 11.1 Å². The minimum absolute atomic E-state index is 0.0955. The van der Waals surface area contributed by atoms with E-state index in [1.54, 1.807) is 12.3 Å². The average Bonchev–Trinajstić information content (AvgIpc) is 2.38. The number of rotatable bonds is 3. The molecule has 0 spiro atoms. The molecule has 0 N–H and O–H groups in total. The Labute approximate surface area is 139 Å². The van der Waals surface area contributed by atoms with Gasteiger partial charge in [-0.25, -0.2) is 9.37 Å². The fraction of sp³-hybridized carbons (Fsp3) is 0.154. The van der Waals surface area contributed by atoms with E-state index in [4.69, 9.17) is 4.74 Å². The van der Waals surface area contributed by atoms with Crippen molar-refractivity contribution in [3.63, 3.8) is 0 Å². The molecule has 0 saturated carbocycles. The third-order valence-electron chi connectivity index (χ3n) is 2.45. The van der Waals surface area contributed by atoms with Crippen LogP contribution in [0.3, 0.4) is 0 Å². The van der Waals surface area contributed by atoms with Gasteiger partial charge in [-0.05, 0) is 68.3 Å². The van der Waals surface area contributed by atoms with Crippen molar-refractivity contribution in [2.75, 3.05) is 0 Å². The molecule has 0 amide bonds. The van der Waals surface area contributed by atoms with Gasteiger partial charge in [-0.15, -0.1) is 0 Å². The Bertz CT molecular complexity index is 663. The molecule has 1 aromatic heterocycles. The normalized spacial score (nSPS) is 11.5. The zero-order valence-electron chi connectivity index (χ0n) is 10.2. The van der Waals surface area contributed by atoms with E-state index in [9.17, 15) is 17.6 Å². The van der Waals surface area contributed by atoms with Gasteiger partial charge in [0.25, 0.3) is 0 Å². The lowest BCUT2D eigenvalue weighted by molar-refractivity contribution is -0.137. The number of halogens is 6. The maximum absolute atomic E-state index is 13.3. The van der Waals surface area contributed by atoms with Gasteiger partial charge in [0.15, 0.2) is 5.75 Å². The molecule has 0 radical (unpaired) electrons. The summed E-state index contributed by atoms with van der Waals surface area (Å²) in [5, 5.41) is 0. The zero-order chi connectivity index (χ0) is 15.6. The van der Waals surface area contributed by atoms with E-state index in [1.165, 1.54) is 0 Å². The molecule has 2 rings (SSSR count). The third-order valence-corrected chi connectivity index (χ3v) is 3.70. The van der Waals surface area contributed by atoms with Crippen LogP contribution in [0.4, 0.5) is 17.6 Å². The van der Waals surface area contributed by atoms with Crippen LogP contribution in [0.5, 0.6) is 5.75 Å². The number of alkyl halides is 3. The van der Waals surface area contributed by atoms with Gasteiger partial charge in [0.1, 0.15) is 16.1 Å². The third kappa shape index (κ3) is 4.53. The lowest BCUT2D eigenvalue weighted by Gasteiger charge is -2.11. The summed E-state index contributed by atoms with van der Waals surface area (Å²) in [6, 6.07) is 3.96. The maximum atomic E-state index is 13.3. The lowest BCUT2D eigenvalue weighted by atomic mass is 10.1. The Kier molecular flexibility index (Phi) is 5.07. The summed E-state index contributed by atoms with van der Waals surface area (Å²) in [6.07, 6.45) is -3.03. The topological polar surface area (TPSA) is 22.1 Å². The minimum Gasteiger partial charge on any atom is -0.486 e. The molecular formula is C13H7BrF4INO. The molecule has 2 nitrogen and oxygen atoms in total. The van der Waals surface area contributed by atoms with E-state index >= 15 is 0 Å². The molecule has 8 heteroatoms. The second-order valence-electron chi connectivity index (χ2n) is 4.08. The lowest BCUT2D eigenvalue weighted by Crippen LogP contribution is -2.07. The minimum atomic E-state index is -4.59. The highest BCUT2D eigenvalue weighted by Gasteiger charge is 2.31. The molecule has 112 valence electrons. The fourth-order valence-electron chi connectivity index (χ4n) is 1.56. The molecule has 0 atom stereocenters. The van der Waals surface area contributed by atoms with Crippen molar-refractivity contribution >= 4 is 38.5 Å². The summed E-state index contributed by atoms with van der Waals surface area (Å²) < 4.78 is 57.7. The SMILES string of the molecule is Fc1cc(COc2cc(Br)cnc2I)cc(C(F)(F)F)c1. The predicted molar refractivity (Wildman–Crippen MR) is 80.4 cm³/mol. The summed E-state index contributed by atoms with van der Waals surface area (Å²) >= 11 is 5.15. The van der Waals surface area contributed by atoms with E-state index in [-0.39, 0.29) is 12.2 Å². The standard InChI is InChI=1S/C13H7BrF4INO/c14-9-4-11(12(19)20-5-9)21-6-7-1-8(13(16,17)18)3-10(15)2-7/h1-5H,6H2. The molecular weight excluding hydrogens is 469 g/mol. The van der Waals surface area contributed by atoms with Gasteiger partial charge >= 0.3 is 6.18 Å². The summed E-state index contributed by atoms with van der Waals surface area (Å²) in [5.74, 6) is -0.548. The highest BCUT2D eigenvalue weighted by Crippen LogP contribution is 2.31. The summed E-state index contributed by atoms with van der Waals surface area (Å²) in [6.45, 7) is -0.186. The number of pyridine rings is 1. The van der Waals surface area contributed by atoms with Crippen molar-refractivity contribution in [3.05, 3.63) is 55.6 Å². The van der Waals surface area contributed by atoms with Gasteiger partial charge in [-0.3, -0.25) is 0 Å². The molecule has 21 heavy (non-hydrogen) atoms. The van der Waals surface area contributed by atoms with Crippen LogP contribution in [0.2, 0.25) is 0 Å². The first-order valence-electron chi connectivity index (χ1n) is 5.56. The van der Waals surface area contributed by atoms with Crippen molar-refractivity contribution in [3.8, 4) is 5.75 Å². The highest BCUT2D eigenvalue weighted by molar-refractivity contribution is 14.1. The van der Waals surface area contributed by atoms with E-state index in [0.29, 0.717) is 20.0 Å². The first-order valence-corrected chi connectivity index (χ1v) is 7.43. The largest absolute Gasteiger partial charge is 0.486 e. The van der Waals surface area contributed by atoms with Crippen LogP contribution in [-0.4, -0.2) is 4.98 Å². The van der Waals surface area contributed by atoms with Crippen molar-refractivity contribution < 1.29 is 22.3 Å². The van der Waals surface area contributed by atoms with Gasteiger partial charge in [0, 0.05) is 10.7 Å². The van der Waals surface area contributed by atoms with Gasteiger partial charge in [-0.1, -0.05) is 0 Å². The monoisotopic (exact) mass is 475 g/mol. The van der Waals surface area contributed by atoms with Crippen molar-refractivity contribution in [1.29, 1.82) is 0 Å². The number of nitrogens with zero attached hydrogens (tertiary/aromatic N) is 1. The fourth-order valence-corrected chi connectivity index (χ4v) is 2.32. The van der Waals surface area contributed by atoms with Crippen molar-refractivity contribution in [2.24, 2.45) is 0 Å². The van der Waals surface area contributed by atoms with Crippen LogP contribution < -0.4 is 4.74 Å². The van der Waals surface area contributed by atoms with Crippen LogP contribution in [0, 0.1) is 9.52 Å². The summed E-state index contributed by atoms with van der Waals surface area (Å²) in [4.78, 5) is 4.03. The number of hydrogen-bond donors (Lipinski definition) is 0. The van der Waals surface area contributed by atoms with E-state index in [2.05, 4.69) is 20.9 Å². The van der Waals surface area contributed by atoms with Gasteiger partial charge in [0.05, 0.1) is 5.56 Å². The van der Waals surface area contributed by atoms with E-state index < -0.39 is 17.6 Å². The number of benzene rings is 1. The van der Waals surface area contributed by atoms with Crippen LogP contribution in [0.15, 0.2) is 34.9 Å². The van der Waals surface area contributed by atoms with E-state index in [1.807, 2.05) is 22.6 Å². The second kappa shape index (κ2) is 6.47. The Morgan fingerprint density at radius 2 is 1.90 bits per heavy atom. The van der Waals surface area contributed by atoms with Gasteiger partial charge in [0.2, 0.25) is 0 Å². The Morgan fingerprint density at radius 3 is 2.57 bits per heavy atom. The first-order chi connectivity index (χ1) is 9.75. The average molecular weight is 476 g/mol. The second-order valence-corrected chi connectivity index (χ2v) is 6.01. The molecule has 2 aromatic rings.